The molecule has 3 atom stereocenters. The van der Waals surface area contributed by atoms with Gasteiger partial charge in [0.15, 0.2) is 5.13 Å². The van der Waals surface area contributed by atoms with Crippen LogP contribution in [-0.4, -0.2) is 73.6 Å². The van der Waals surface area contributed by atoms with E-state index in [1.807, 2.05) is 24.3 Å². The maximum absolute atomic E-state index is 11.8. The topological polar surface area (TPSA) is 179 Å². The summed E-state index contributed by atoms with van der Waals surface area (Å²) < 4.78 is 5.46. The van der Waals surface area contributed by atoms with Gasteiger partial charge in [-0.25, -0.2) is 24.5 Å². The van der Waals surface area contributed by atoms with Crippen molar-refractivity contribution in [3.63, 3.8) is 0 Å². The van der Waals surface area contributed by atoms with E-state index >= 15 is 0 Å². The molecule has 3 aromatic rings. The Morgan fingerprint density at radius 1 is 1.07 bits per heavy atom. The number of aromatic nitrogens is 3. The molecule has 0 amide bonds. The molecule has 0 bridgehead atoms. The summed E-state index contributed by atoms with van der Waals surface area (Å²) >= 11 is 1.43. The summed E-state index contributed by atoms with van der Waals surface area (Å²) in [4.78, 5) is 37.5. The summed E-state index contributed by atoms with van der Waals surface area (Å²) in [6.07, 6.45) is 4.52. The number of ether oxygens (including phenoxy) is 1. The molecule has 1 saturated carbocycles. The number of nitrogens with zero attached hydrogens (tertiary/aromatic N) is 3. The first-order chi connectivity index (χ1) is 19.3. The van der Waals surface area contributed by atoms with E-state index in [1.54, 1.807) is 6.20 Å². The largest absolute Gasteiger partial charge is 0.478 e. The molecule has 12 nitrogen and oxygen atoms in total. The smallest absolute Gasteiger partial charge is 0.332 e. The number of thiazole rings is 1. The molecule has 40 heavy (non-hydrogen) atoms. The lowest BCUT2D eigenvalue weighted by Crippen LogP contribution is -2.38. The van der Waals surface area contributed by atoms with Gasteiger partial charge in [-0.05, 0) is 61.9 Å². The van der Waals surface area contributed by atoms with Crippen LogP contribution in [0.1, 0.15) is 37.7 Å². The Morgan fingerprint density at radius 2 is 1.88 bits per heavy atom. The number of anilines is 3. The average Bonchev–Trinajstić information content (AvgIpc) is 3.34. The van der Waals surface area contributed by atoms with Crippen LogP contribution >= 0.6 is 11.3 Å². The van der Waals surface area contributed by atoms with Crippen molar-refractivity contribution >= 4 is 50.4 Å². The lowest BCUT2D eigenvalue weighted by Gasteiger charge is -2.34. The monoisotopic (exact) mass is 568 g/mol. The third-order valence-electron chi connectivity index (χ3n) is 7.19. The zero-order valence-corrected chi connectivity index (χ0v) is 22.6. The van der Waals surface area contributed by atoms with Crippen molar-refractivity contribution < 1.29 is 29.6 Å². The van der Waals surface area contributed by atoms with E-state index < -0.39 is 24.0 Å². The second-order valence-electron chi connectivity index (χ2n) is 10.1. The number of carboxylic acids is 2. The highest BCUT2D eigenvalue weighted by Crippen LogP contribution is 2.33. The van der Waals surface area contributed by atoms with E-state index in [-0.39, 0.29) is 18.0 Å². The lowest BCUT2D eigenvalue weighted by molar-refractivity contribution is -0.136. The maximum atomic E-state index is 11.8. The Kier molecular flexibility index (Phi) is 8.85. The molecular weight excluding hydrogens is 536 g/mol. The Balaban J connectivity index is 1.36. The van der Waals surface area contributed by atoms with E-state index in [9.17, 15) is 19.8 Å². The molecule has 0 spiro atoms. The predicted molar refractivity (Wildman–Crippen MR) is 150 cm³/mol. The molecule has 6 N–H and O–H groups in total. The Labute approximate surface area is 234 Å². The first-order valence-corrected chi connectivity index (χ1v) is 14.1. The lowest BCUT2D eigenvalue weighted by atomic mass is 9.78. The van der Waals surface area contributed by atoms with Gasteiger partial charge in [-0.3, -0.25) is 0 Å². The zero-order valence-electron chi connectivity index (χ0n) is 21.7. The van der Waals surface area contributed by atoms with Crippen LogP contribution in [0.15, 0.2) is 42.1 Å². The minimum absolute atomic E-state index is 0.212. The van der Waals surface area contributed by atoms with Crippen LogP contribution in [-0.2, 0) is 20.9 Å². The second-order valence-corrected chi connectivity index (χ2v) is 11.0. The van der Waals surface area contributed by atoms with Crippen LogP contribution in [0.25, 0.3) is 10.3 Å². The van der Waals surface area contributed by atoms with Gasteiger partial charge >= 0.3 is 11.9 Å². The third-order valence-corrected chi connectivity index (χ3v) is 8.09. The van der Waals surface area contributed by atoms with E-state index in [1.165, 1.54) is 11.3 Å². The van der Waals surface area contributed by atoms with Gasteiger partial charge in [-0.15, -0.1) is 0 Å². The van der Waals surface area contributed by atoms with Gasteiger partial charge in [-0.2, -0.15) is 0 Å². The van der Waals surface area contributed by atoms with E-state index in [0.717, 1.165) is 42.0 Å². The van der Waals surface area contributed by atoms with Crippen LogP contribution in [0.4, 0.5) is 16.8 Å². The number of fused-ring (bicyclic) bond motifs is 1. The molecular formula is C27H32N6O6S. The van der Waals surface area contributed by atoms with Gasteiger partial charge in [0, 0.05) is 55.6 Å². The SMILES string of the molecule is O=C(O)/C=C(/C(=O)O)[C@@H]1C[C@H](Nc2cc(CNC3CCOCC3)cc(Nc3nc4cccnc4s3)n2)CC[C@H]1O. The quantitative estimate of drug-likeness (QED) is 0.197. The Hall–Kier alpha value is -3.65. The van der Waals surface area contributed by atoms with Crippen molar-refractivity contribution in [3.05, 3.63) is 47.7 Å². The minimum atomic E-state index is -1.35. The molecule has 1 saturated heterocycles. The van der Waals surface area contributed by atoms with E-state index in [2.05, 4.69) is 25.9 Å². The molecule has 13 heteroatoms. The van der Waals surface area contributed by atoms with Crippen molar-refractivity contribution in [2.24, 2.45) is 5.92 Å². The summed E-state index contributed by atoms with van der Waals surface area (Å²) in [7, 11) is 0. The van der Waals surface area contributed by atoms with Crippen LogP contribution in [0.5, 0.6) is 0 Å². The summed E-state index contributed by atoms with van der Waals surface area (Å²) in [5.74, 6) is -2.33. The normalized spacial score (nSPS) is 22.2. The van der Waals surface area contributed by atoms with Crippen molar-refractivity contribution in [2.75, 3.05) is 23.8 Å². The fourth-order valence-electron chi connectivity index (χ4n) is 5.21. The number of rotatable bonds is 10. The highest BCUT2D eigenvalue weighted by molar-refractivity contribution is 7.21. The fourth-order valence-corrected chi connectivity index (χ4v) is 6.03. The molecule has 1 aliphatic carbocycles. The number of aliphatic carboxylic acids is 2. The van der Waals surface area contributed by atoms with Crippen molar-refractivity contribution in [2.45, 2.75) is 56.8 Å². The summed E-state index contributed by atoms with van der Waals surface area (Å²) in [5, 5.41) is 40.2. The zero-order chi connectivity index (χ0) is 28.1. The number of aliphatic hydroxyl groups excluding tert-OH is 1. The molecule has 2 fully saturated rings. The average molecular weight is 569 g/mol. The first-order valence-electron chi connectivity index (χ1n) is 13.3. The van der Waals surface area contributed by atoms with Gasteiger partial charge in [0.1, 0.15) is 22.0 Å². The number of aliphatic hydroxyl groups is 1. The summed E-state index contributed by atoms with van der Waals surface area (Å²) in [6, 6.07) is 7.80. The molecule has 4 heterocycles. The number of nitrogens with one attached hydrogen (secondary N) is 3. The van der Waals surface area contributed by atoms with Crippen LogP contribution in [0, 0.1) is 5.92 Å². The van der Waals surface area contributed by atoms with Crippen LogP contribution < -0.4 is 16.0 Å². The second kappa shape index (κ2) is 12.7. The number of hydrogen-bond donors (Lipinski definition) is 6. The number of hydrogen-bond acceptors (Lipinski definition) is 11. The fraction of sp³-hybridized carbons (Fsp3) is 0.444. The maximum Gasteiger partial charge on any atom is 0.332 e. The highest BCUT2D eigenvalue weighted by Gasteiger charge is 2.35. The standard InChI is InChI=1S/C27H32N6O6S/c34-21-4-3-17(12-18(21)19(26(37)38)13-24(35)36)30-22-10-15(14-29-16-5-8-39-9-6-16)11-23(32-22)33-27-31-20-2-1-7-28-25(20)40-27/h1-2,7,10-11,13,16-18,21,29,34H,3-6,8-9,12,14H2,(H,35,36)(H,37,38)(H2,30,31,32,33)/b19-13+/t17-,18+,21-/m1/s1. The molecule has 3 aromatic heterocycles. The summed E-state index contributed by atoms with van der Waals surface area (Å²) in [5.41, 5.74) is 1.48. The Bertz CT molecular complexity index is 1360. The van der Waals surface area contributed by atoms with Gasteiger partial charge in [0.05, 0.1) is 6.10 Å². The number of carbonyl (C=O) groups is 2. The van der Waals surface area contributed by atoms with Gasteiger partial charge in [0.2, 0.25) is 0 Å². The van der Waals surface area contributed by atoms with Crippen LogP contribution in [0.2, 0.25) is 0 Å². The first kappa shape index (κ1) is 27.9. The minimum Gasteiger partial charge on any atom is -0.478 e. The van der Waals surface area contributed by atoms with Crippen molar-refractivity contribution in [1.29, 1.82) is 0 Å². The molecule has 5 rings (SSSR count). The molecule has 1 aliphatic heterocycles. The highest BCUT2D eigenvalue weighted by atomic mass is 32.1. The van der Waals surface area contributed by atoms with Gasteiger partial charge in [-0.1, -0.05) is 11.3 Å². The van der Waals surface area contributed by atoms with E-state index in [0.29, 0.717) is 48.3 Å². The molecule has 2 aliphatic rings. The third kappa shape index (κ3) is 7.10. The van der Waals surface area contributed by atoms with Gasteiger partial charge in [0.25, 0.3) is 0 Å². The molecule has 0 aromatic carbocycles. The molecule has 212 valence electrons. The van der Waals surface area contributed by atoms with Crippen molar-refractivity contribution in [1.82, 2.24) is 20.3 Å². The van der Waals surface area contributed by atoms with Gasteiger partial charge < -0.3 is 36.0 Å². The van der Waals surface area contributed by atoms with Crippen molar-refractivity contribution in [3.8, 4) is 0 Å². The predicted octanol–water partition coefficient (Wildman–Crippen LogP) is 3.14. The molecule has 0 unspecified atom stereocenters. The summed E-state index contributed by atoms with van der Waals surface area (Å²) in [6.45, 7) is 2.10. The number of carboxylic acid groups (broad SMARTS) is 2. The van der Waals surface area contributed by atoms with Crippen LogP contribution in [0.3, 0.4) is 0 Å². The number of pyridine rings is 2. The Morgan fingerprint density at radius 3 is 2.62 bits per heavy atom. The van der Waals surface area contributed by atoms with E-state index in [4.69, 9.17) is 14.8 Å². The molecule has 0 radical (unpaired) electrons.